The molecule has 3 aromatic carbocycles. The van der Waals surface area contributed by atoms with Gasteiger partial charge in [0.1, 0.15) is 5.54 Å². The predicted octanol–water partition coefficient (Wildman–Crippen LogP) is 2.99. The Morgan fingerprint density at radius 2 is 1.50 bits per heavy atom. The van der Waals surface area contributed by atoms with Gasteiger partial charge < -0.3 is 9.64 Å². The number of rotatable bonds is 8. The molecule has 5 rings (SSSR count). The van der Waals surface area contributed by atoms with E-state index in [1.54, 1.807) is 19.2 Å². The number of aryl methyl sites for hydroxylation is 1. The summed E-state index contributed by atoms with van der Waals surface area (Å²) in [6.45, 7) is 2.18. The van der Waals surface area contributed by atoms with E-state index in [1.807, 2.05) is 79.7 Å². The maximum atomic E-state index is 14.0. The van der Waals surface area contributed by atoms with Crippen LogP contribution < -0.4 is 5.32 Å². The van der Waals surface area contributed by atoms with E-state index in [0.717, 1.165) is 16.7 Å². The molecule has 8 nitrogen and oxygen atoms in total. The van der Waals surface area contributed by atoms with Crippen molar-refractivity contribution in [2.75, 3.05) is 20.7 Å². The molecule has 0 saturated carbocycles. The fourth-order valence-corrected chi connectivity index (χ4v) is 6.08. The minimum Gasteiger partial charge on any atom is -0.468 e. The maximum absolute atomic E-state index is 14.0. The first kappa shape index (κ1) is 27.3. The number of methoxy groups -OCH3 is 1. The van der Waals surface area contributed by atoms with Crippen LogP contribution in [0.4, 0.5) is 0 Å². The van der Waals surface area contributed by atoms with Gasteiger partial charge in [-0.25, -0.2) is 0 Å². The van der Waals surface area contributed by atoms with Gasteiger partial charge in [0, 0.05) is 31.6 Å². The highest BCUT2D eigenvalue weighted by Gasteiger charge is 2.68. The number of hydrogen-bond donors (Lipinski definition) is 1. The number of likely N-dealkylation sites (N-methyl/N-ethyl adjacent to an activating group) is 1. The topological polar surface area (TPSA) is 96.0 Å². The van der Waals surface area contributed by atoms with E-state index in [-0.39, 0.29) is 31.3 Å². The van der Waals surface area contributed by atoms with E-state index in [1.165, 1.54) is 16.9 Å². The van der Waals surface area contributed by atoms with Gasteiger partial charge >= 0.3 is 5.97 Å². The lowest BCUT2D eigenvalue weighted by atomic mass is 9.76. The van der Waals surface area contributed by atoms with Crippen molar-refractivity contribution in [2.45, 2.75) is 31.5 Å². The normalized spacial score (nSPS) is 23.7. The Balaban J connectivity index is 1.52. The summed E-state index contributed by atoms with van der Waals surface area (Å²) in [7, 11) is 2.95. The lowest BCUT2D eigenvalue weighted by molar-refractivity contribution is -0.154. The number of imide groups is 1. The second-order valence-electron chi connectivity index (χ2n) is 10.7. The van der Waals surface area contributed by atoms with Gasteiger partial charge in [-0.1, -0.05) is 78.4 Å². The fourth-order valence-electron chi connectivity index (χ4n) is 6.08. The highest BCUT2D eigenvalue weighted by molar-refractivity contribution is 6.09. The smallest absolute Gasteiger partial charge is 0.327 e. The van der Waals surface area contributed by atoms with Gasteiger partial charge in [-0.2, -0.15) is 0 Å². The largest absolute Gasteiger partial charge is 0.468 e. The van der Waals surface area contributed by atoms with Crippen LogP contribution in [0.2, 0.25) is 0 Å². The number of benzene rings is 3. The number of nitrogens with zero attached hydrogens (tertiary/aromatic N) is 2. The average Bonchev–Trinajstić information content (AvgIpc) is 3.42. The van der Waals surface area contributed by atoms with E-state index < -0.39 is 35.3 Å². The Morgan fingerprint density at radius 1 is 0.900 bits per heavy atom. The predicted molar refractivity (Wildman–Crippen MR) is 149 cm³/mol. The van der Waals surface area contributed by atoms with Crippen LogP contribution in [0.5, 0.6) is 0 Å². The van der Waals surface area contributed by atoms with Crippen molar-refractivity contribution in [1.82, 2.24) is 15.1 Å². The molecule has 3 aromatic rings. The van der Waals surface area contributed by atoms with Gasteiger partial charge in [0.05, 0.1) is 25.5 Å². The molecular formula is C32H33N3O5. The first-order chi connectivity index (χ1) is 19.2. The Bertz CT molecular complexity index is 1410. The van der Waals surface area contributed by atoms with E-state index in [9.17, 15) is 19.2 Å². The summed E-state index contributed by atoms with van der Waals surface area (Å²) in [6, 6.07) is 25.3. The molecular weight excluding hydrogens is 506 g/mol. The number of amides is 3. The Hall–Kier alpha value is -4.30. The standard InChI is InChI=1S/C32H33N3O5/c1-21-14-16-24(17-15-21)28(36)34(2)20-25-26-27(30(38)35(29(26)37)19-23-12-8-5-9-13-23)32(33-25,31(39)40-3)18-22-10-6-4-7-11-22/h4-17,25-27,33H,18-20H2,1-3H3/t25-,26+,27-,32-/m1/s1. The summed E-state index contributed by atoms with van der Waals surface area (Å²) >= 11 is 0. The molecule has 0 bridgehead atoms. The highest BCUT2D eigenvalue weighted by Crippen LogP contribution is 2.45. The number of esters is 1. The van der Waals surface area contributed by atoms with Crippen LogP contribution >= 0.6 is 0 Å². The molecule has 40 heavy (non-hydrogen) atoms. The third-order valence-electron chi connectivity index (χ3n) is 8.02. The minimum atomic E-state index is -1.47. The Labute approximate surface area is 233 Å². The summed E-state index contributed by atoms with van der Waals surface area (Å²) in [6.07, 6.45) is 0.159. The zero-order chi connectivity index (χ0) is 28.4. The molecule has 0 radical (unpaired) electrons. The molecule has 2 aliphatic heterocycles. The lowest BCUT2D eigenvalue weighted by Gasteiger charge is -2.33. The van der Waals surface area contributed by atoms with E-state index in [0.29, 0.717) is 5.56 Å². The summed E-state index contributed by atoms with van der Waals surface area (Å²) < 4.78 is 5.27. The maximum Gasteiger partial charge on any atom is 0.327 e. The molecule has 2 saturated heterocycles. The van der Waals surface area contributed by atoms with Crippen molar-refractivity contribution >= 4 is 23.7 Å². The first-order valence-electron chi connectivity index (χ1n) is 13.4. The van der Waals surface area contributed by atoms with Gasteiger partial charge in [-0.3, -0.25) is 29.4 Å². The zero-order valence-electron chi connectivity index (χ0n) is 22.9. The second-order valence-corrected chi connectivity index (χ2v) is 10.7. The zero-order valence-corrected chi connectivity index (χ0v) is 22.9. The SMILES string of the molecule is COC(=O)[C@]1(Cc2ccccc2)N[C@H](CN(C)C(=O)c2ccc(C)cc2)[C@@H]2C(=O)N(Cc3ccccc3)C(=O)[C@@H]21. The summed E-state index contributed by atoms with van der Waals surface area (Å²) in [5.41, 5.74) is 1.72. The average molecular weight is 540 g/mol. The number of carbonyl (C=O) groups is 4. The molecule has 2 fully saturated rings. The molecule has 0 spiro atoms. The van der Waals surface area contributed by atoms with Gasteiger partial charge in [-0.15, -0.1) is 0 Å². The van der Waals surface area contributed by atoms with Crippen LogP contribution in [-0.4, -0.2) is 65.8 Å². The molecule has 3 amide bonds. The fraction of sp³-hybridized carbons (Fsp3) is 0.312. The molecule has 1 N–H and O–H groups in total. The van der Waals surface area contributed by atoms with Crippen LogP contribution in [-0.2, 0) is 32.1 Å². The van der Waals surface area contributed by atoms with Crippen molar-refractivity contribution in [3.05, 3.63) is 107 Å². The van der Waals surface area contributed by atoms with Gasteiger partial charge in [0.25, 0.3) is 5.91 Å². The molecule has 0 aliphatic carbocycles. The Morgan fingerprint density at radius 3 is 2.10 bits per heavy atom. The van der Waals surface area contributed by atoms with Crippen molar-refractivity contribution in [3.63, 3.8) is 0 Å². The molecule has 8 heteroatoms. The minimum absolute atomic E-state index is 0.110. The third kappa shape index (κ3) is 4.91. The second kappa shape index (κ2) is 11.1. The number of ether oxygens (including phenoxy) is 1. The number of likely N-dealkylation sites (tertiary alicyclic amines) is 1. The summed E-state index contributed by atoms with van der Waals surface area (Å²) in [5.74, 6) is -3.41. The lowest BCUT2D eigenvalue weighted by Crippen LogP contribution is -2.59. The van der Waals surface area contributed by atoms with Crippen LogP contribution in [0.3, 0.4) is 0 Å². The van der Waals surface area contributed by atoms with Gasteiger partial charge in [-0.05, 0) is 30.2 Å². The van der Waals surface area contributed by atoms with Crippen LogP contribution in [0.1, 0.15) is 27.0 Å². The number of hydrogen-bond acceptors (Lipinski definition) is 6. The van der Waals surface area contributed by atoms with Gasteiger partial charge in [0.15, 0.2) is 0 Å². The van der Waals surface area contributed by atoms with Crippen molar-refractivity contribution < 1.29 is 23.9 Å². The molecule has 2 aliphatic rings. The summed E-state index contributed by atoms with van der Waals surface area (Å²) in [4.78, 5) is 57.6. The van der Waals surface area contributed by atoms with E-state index >= 15 is 0 Å². The highest BCUT2D eigenvalue weighted by atomic mass is 16.5. The monoisotopic (exact) mass is 539 g/mol. The number of carbonyl (C=O) groups excluding carboxylic acids is 4. The number of fused-ring (bicyclic) bond motifs is 1. The quantitative estimate of drug-likeness (QED) is 0.349. The van der Waals surface area contributed by atoms with Crippen molar-refractivity contribution in [3.8, 4) is 0 Å². The van der Waals surface area contributed by atoms with E-state index in [2.05, 4.69) is 5.32 Å². The van der Waals surface area contributed by atoms with Crippen molar-refractivity contribution in [1.29, 1.82) is 0 Å². The first-order valence-corrected chi connectivity index (χ1v) is 13.4. The third-order valence-corrected chi connectivity index (χ3v) is 8.02. The molecule has 0 aromatic heterocycles. The van der Waals surface area contributed by atoms with Crippen LogP contribution in [0.15, 0.2) is 84.9 Å². The van der Waals surface area contributed by atoms with Gasteiger partial charge in [0.2, 0.25) is 11.8 Å². The Kier molecular flexibility index (Phi) is 7.54. The van der Waals surface area contributed by atoms with Crippen LogP contribution in [0, 0.1) is 18.8 Å². The number of nitrogens with one attached hydrogen (secondary N) is 1. The van der Waals surface area contributed by atoms with Crippen LogP contribution in [0.25, 0.3) is 0 Å². The van der Waals surface area contributed by atoms with Crippen molar-refractivity contribution in [2.24, 2.45) is 11.8 Å². The molecule has 4 atom stereocenters. The summed E-state index contributed by atoms with van der Waals surface area (Å²) in [5, 5.41) is 3.36. The molecule has 2 heterocycles. The van der Waals surface area contributed by atoms with E-state index in [4.69, 9.17) is 4.74 Å². The molecule has 206 valence electrons. The molecule has 0 unspecified atom stereocenters.